The van der Waals surface area contributed by atoms with Crippen molar-refractivity contribution in [1.82, 2.24) is 10.2 Å². The van der Waals surface area contributed by atoms with Crippen LogP contribution in [0, 0.1) is 12.7 Å². The first-order valence-corrected chi connectivity index (χ1v) is 7.85. The summed E-state index contributed by atoms with van der Waals surface area (Å²) in [5, 5.41) is 7.93. The molecule has 5 nitrogen and oxygen atoms in total. The van der Waals surface area contributed by atoms with Crippen LogP contribution in [-0.4, -0.2) is 16.2 Å². The molecule has 0 saturated heterocycles. The molecule has 1 heterocycles. The van der Waals surface area contributed by atoms with Gasteiger partial charge < -0.3 is 9.15 Å². The van der Waals surface area contributed by atoms with Gasteiger partial charge >= 0.3 is 5.97 Å². The Hall–Kier alpha value is -3.02. The molecule has 0 aliphatic rings. The quantitative estimate of drug-likeness (QED) is 0.656. The number of carbonyl (C=O) groups is 1. The molecule has 1 atom stereocenters. The molecular formula is C19H17FN2O3. The van der Waals surface area contributed by atoms with Gasteiger partial charge in [-0.3, -0.25) is 4.79 Å². The van der Waals surface area contributed by atoms with E-state index in [1.165, 1.54) is 12.1 Å². The Kier molecular flexibility index (Phi) is 4.88. The van der Waals surface area contributed by atoms with Crippen LogP contribution >= 0.6 is 0 Å². The topological polar surface area (TPSA) is 65.2 Å². The van der Waals surface area contributed by atoms with Crippen LogP contribution in [0.3, 0.4) is 0 Å². The van der Waals surface area contributed by atoms with Crippen molar-refractivity contribution >= 4 is 5.97 Å². The van der Waals surface area contributed by atoms with E-state index in [0.29, 0.717) is 11.5 Å². The van der Waals surface area contributed by atoms with Gasteiger partial charge in [-0.1, -0.05) is 29.8 Å². The SMILES string of the molecule is Cc1ccc(-c2nnc([C@@H](C)OC(=O)Cc3ccc(F)cc3)o2)cc1. The Morgan fingerprint density at radius 3 is 2.48 bits per heavy atom. The van der Waals surface area contributed by atoms with E-state index in [9.17, 15) is 9.18 Å². The van der Waals surface area contributed by atoms with E-state index in [2.05, 4.69) is 10.2 Å². The molecule has 0 bridgehead atoms. The van der Waals surface area contributed by atoms with Gasteiger partial charge in [-0.05, 0) is 43.7 Å². The van der Waals surface area contributed by atoms with Crippen LogP contribution in [0.15, 0.2) is 52.9 Å². The standard InChI is InChI=1S/C19H17FN2O3/c1-12-3-7-15(8-4-12)19-22-21-18(25-19)13(2)24-17(23)11-14-5-9-16(20)10-6-14/h3-10,13H,11H2,1-2H3/t13-/m1/s1. The Bertz CT molecular complexity index is 857. The summed E-state index contributed by atoms with van der Waals surface area (Å²) < 4.78 is 23.8. The molecule has 0 aliphatic heterocycles. The Labute approximate surface area is 144 Å². The van der Waals surface area contributed by atoms with Gasteiger partial charge in [0, 0.05) is 5.56 Å². The Balaban J connectivity index is 1.63. The lowest BCUT2D eigenvalue weighted by Gasteiger charge is -2.09. The van der Waals surface area contributed by atoms with E-state index in [4.69, 9.17) is 9.15 Å². The van der Waals surface area contributed by atoms with Gasteiger partial charge in [0.25, 0.3) is 5.89 Å². The summed E-state index contributed by atoms with van der Waals surface area (Å²) in [4.78, 5) is 12.0. The average molecular weight is 340 g/mol. The normalized spacial score (nSPS) is 12.0. The monoisotopic (exact) mass is 340 g/mol. The lowest BCUT2D eigenvalue weighted by atomic mass is 10.1. The molecule has 0 amide bonds. The van der Waals surface area contributed by atoms with Crippen LogP contribution in [0.5, 0.6) is 0 Å². The number of benzene rings is 2. The van der Waals surface area contributed by atoms with Crippen LogP contribution in [0.4, 0.5) is 4.39 Å². The number of halogens is 1. The van der Waals surface area contributed by atoms with E-state index < -0.39 is 12.1 Å². The van der Waals surface area contributed by atoms with E-state index >= 15 is 0 Å². The Morgan fingerprint density at radius 1 is 1.12 bits per heavy atom. The van der Waals surface area contributed by atoms with E-state index in [1.807, 2.05) is 31.2 Å². The molecule has 6 heteroatoms. The molecule has 25 heavy (non-hydrogen) atoms. The van der Waals surface area contributed by atoms with Gasteiger partial charge in [0.1, 0.15) is 5.82 Å². The lowest BCUT2D eigenvalue weighted by Crippen LogP contribution is -2.11. The highest BCUT2D eigenvalue weighted by Crippen LogP contribution is 2.23. The fourth-order valence-electron chi connectivity index (χ4n) is 2.27. The number of esters is 1. The number of aromatic nitrogens is 2. The van der Waals surface area contributed by atoms with E-state index in [1.54, 1.807) is 19.1 Å². The number of hydrogen-bond acceptors (Lipinski definition) is 5. The molecule has 3 rings (SSSR count). The minimum absolute atomic E-state index is 0.0452. The first-order valence-electron chi connectivity index (χ1n) is 7.85. The van der Waals surface area contributed by atoms with Crippen LogP contribution < -0.4 is 0 Å². The summed E-state index contributed by atoms with van der Waals surface area (Å²) in [6.07, 6.45) is -0.622. The van der Waals surface area contributed by atoms with Gasteiger partial charge in [-0.15, -0.1) is 10.2 Å². The molecular weight excluding hydrogens is 323 g/mol. The first-order chi connectivity index (χ1) is 12.0. The molecule has 0 fully saturated rings. The third-order valence-electron chi connectivity index (χ3n) is 3.66. The number of aryl methyl sites for hydroxylation is 1. The fourth-order valence-corrected chi connectivity index (χ4v) is 2.27. The highest BCUT2D eigenvalue weighted by atomic mass is 19.1. The first kappa shape index (κ1) is 16.8. The molecule has 3 aromatic rings. The van der Waals surface area contributed by atoms with Crippen molar-refractivity contribution in [2.45, 2.75) is 26.4 Å². The smallest absolute Gasteiger partial charge is 0.311 e. The molecule has 0 N–H and O–H groups in total. The van der Waals surface area contributed by atoms with Crippen molar-refractivity contribution in [2.75, 3.05) is 0 Å². The second kappa shape index (κ2) is 7.25. The zero-order valence-electron chi connectivity index (χ0n) is 13.9. The summed E-state index contributed by atoms with van der Waals surface area (Å²) in [6, 6.07) is 13.4. The largest absolute Gasteiger partial charge is 0.452 e. The number of ether oxygens (including phenoxy) is 1. The summed E-state index contributed by atoms with van der Waals surface area (Å²) in [7, 11) is 0. The van der Waals surface area contributed by atoms with E-state index in [-0.39, 0.29) is 18.1 Å². The summed E-state index contributed by atoms with van der Waals surface area (Å²) in [5.41, 5.74) is 2.60. The third kappa shape index (κ3) is 4.29. The zero-order chi connectivity index (χ0) is 17.8. The number of nitrogens with zero attached hydrogens (tertiary/aromatic N) is 2. The van der Waals surface area contributed by atoms with Crippen LogP contribution in [0.1, 0.15) is 30.0 Å². The van der Waals surface area contributed by atoms with Crippen molar-refractivity contribution < 1.29 is 18.3 Å². The number of hydrogen-bond donors (Lipinski definition) is 0. The van der Waals surface area contributed by atoms with Gasteiger partial charge in [0.2, 0.25) is 5.89 Å². The fraction of sp³-hybridized carbons (Fsp3) is 0.211. The molecule has 0 spiro atoms. The van der Waals surface area contributed by atoms with Gasteiger partial charge in [0.15, 0.2) is 6.10 Å². The minimum atomic E-state index is -0.667. The van der Waals surface area contributed by atoms with Crippen molar-refractivity contribution in [2.24, 2.45) is 0 Å². The second-order valence-electron chi connectivity index (χ2n) is 5.75. The molecule has 0 radical (unpaired) electrons. The molecule has 0 unspecified atom stereocenters. The lowest BCUT2D eigenvalue weighted by molar-refractivity contribution is -0.148. The molecule has 2 aromatic carbocycles. The highest BCUT2D eigenvalue weighted by Gasteiger charge is 2.19. The van der Waals surface area contributed by atoms with Gasteiger partial charge in [-0.2, -0.15) is 0 Å². The molecule has 128 valence electrons. The number of rotatable bonds is 5. The van der Waals surface area contributed by atoms with Crippen molar-refractivity contribution in [1.29, 1.82) is 0 Å². The van der Waals surface area contributed by atoms with Crippen LogP contribution in [-0.2, 0) is 16.0 Å². The van der Waals surface area contributed by atoms with E-state index in [0.717, 1.165) is 11.1 Å². The molecule has 0 saturated carbocycles. The third-order valence-corrected chi connectivity index (χ3v) is 3.66. The number of carbonyl (C=O) groups excluding carboxylic acids is 1. The van der Waals surface area contributed by atoms with Crippen molar-refractivity contribution in [3.63, 3.8) is 0 Å². The summed E-state index contributed by atoms with van der Waals surface area (Å²) >= 11 is 0. The average Bonchev–Trinajstić information content (AvgIpc) is 3.08. The Morgan fingerprint density at radius 2 is 1.80 bits per heavy atom. The predicted octanol–water partition coefficient (Wildman–Crippen LogP) is 4.03. The predicted molar refractivity (Wildman–Crippen MR) is 89.1 cm³/mol. The van der Waals surface area contributed by atoms with Crippen molar-refractivity contribution in [3.8, 4) is 11.5 Å². The summed E-state index contributed by atoms with van der Waals surface area (Å²) in [6.45, 7) is 3.65. The maximum atomic E-state index is 12.9. The highest BCUT2D eigenvalue weighted by molar-refractivity contribution is 5.72. The maximum Gasteiger partial charge on any atom is 0.311 e. The van der Waals surface area contributed by atoms with Crippen LogP contribution in [0.25, 0.3) is 11.5 Å². The molecule has 0 aliphatic carbocycles. The second-order valence-corrected chi connectivity index (χ2v) is 5.75. The molecule has 1 aromatic heterocycles. The summed E-state index contributed by atoms with van der Waals surface area (Å²) in [5.74, 6) is -0.200. The van der Waals surface area contributed by atoms with Crippen molar-refractivity contribution in [3.05, 3.63) is 71.4 Å². The van der Waals surface area contributed by atoms with Gasteiger partial charge in [0.05, 0.1) is 6.42 Å². The maximum absolute atomic E-state index is 12.9. The minimum Gasteiger partial charge on any atom is -0.452 e. The zero-order valence-corrected chi connectivity index (χ0v) is 13.9. The van der Waals surface area contributed by atoms with Gasteiger partial charge in [-0.25, -0.2) is 4.39 Å². The van der Waals surface area contributed by atoms with Crippen LogP contribution in [0.2, 0.25) is 0 Å².